The van der Waals surface area contributed by atoms with Crippen molar-refractivity contribution < 1.29 is 4.74 Å². The van der Waals surface area contributed by atoms with Crippen LogP contribution >= 0.6 is 0 Å². The fourth-order valence-corrected chi connectivity index (χ4v) is 1.74. The molecule has 18 heavy (non-hydrogen) atoms. The topological polar surface area (TPSA) is 51.4 Å². The number of anilines is 1. The van der Waals surface area contributed by atoms with Gasteiger partial charge in [-0.05, 0) is 37.3 Å². The van der Waals surface area contributed by atoms with Crippen molar-refractivity contribution in [1.29, 1.82) is 0 Å². The Labute approximate surface area is 109 Å². The number of nitrogens with two attached hydrogens (primary N) is 1. The Morgan fingerprint density at radius 2 is 2.28 bits per heavy atom. The van der Waals surface area contributed by atoms with Crippen molar-refractivity contribution >= 4 is 5.82 Å². The van der Waals surface area contributed by atoms with E-state index in [-0.39, 0.29) is 6.04 Å². The van der Waals surface area contributed by atoms with Gasteiger partial charge in [-0.25, -0.2) is 4.98 Å². The van der Waals surface area contributed by atoms with E-state index in [9.17, 15) is 0 Å². The van der Waals surface area contributed by atoms with Gasteiger partial charge in [0.2, 0.25) is 0 Å². The molecule has 0 unspecified atom stereocenters. The van der Waals surface area contributed by atoms with Crippen molar-refractivity contribution in [3.63, 3.8) is 0 Å². The second kappa shape index (κ2) is 6.16. The van der Waals surface area contributed by atoms with Gasteiger partial charge in [-0.3, -0.25) is 0 Å². The first-order chi connectivity index (χ1) is 8.66. The lowest BCUT2D eigenvalue weighted by Crippen LogP contribution is -2.24. The van der Waals surface area contributed by atoms with Gasteiger partial charge in [-0.2, -0.15) is 0 Å². The second-order valence-electron chi connectivity index (χ2n) is 5.18. The standard InChI is InChI=1S/C14H23N3O/c1-11(15)13-5-6-14(16-9-13)17(2)7-8-18-10-12-3-4-12/h5-6,9,11-12H,3-4,7-8,10,15H2,1-2H3/t11-/m1/s1. The summed E-state index contributed by atoms with van der Waals surface area (Å²) in [7, 11) is 2.04. The molecule has 0 radical (unpaired) electrons. The maximum atomic E-state index is 5.80. The predicted molar refractivity (Wildman–Crippen MR) is 73.7 cm³/mol. The molecule has 2 rings (SSSR count). The summed E-state index contributed by atoms with van der Waals surface area (Å²) in [6.07, 6.45) is 4.54. The van der Waals surface area contributed by atoms with E-state index in [4.69, 9.17) is 10.5 Å². The Bertz CT molecular complexity index is 360. The van der Waals surface area contributed by atoms with Crippen molar-refractivity contribution in [2.75, 3.05) is 31.7 Å². The molecule has 4 heteroatoms. The molecule has 100 valence electrons. The van der Waals surface area contributed by atoms with Gasteiger partial charge in [-0.15, -0.1) is 0 Å². The van der Waals surface area contributed by atoms with Gasteiger partial charge in [0.05, 0.1) is 6.61 Å². The molecule has 1 saturated carbocycles. The quantitative estimate of drug-likeness (QED) is 0.751. The molecule has 1 atom stereocenters. The Balaban J connectivity index is 1.74. The predicted octanol–water partition coefficient (Wildman–Crippen LogP) is 1.96. The fourth-order valence-electron chi connectivity index (χ4n) is 1.74. The summed E-state index contributed by atoms with van der Waals surface area (Å²) in [5, 5.41) is 0. The first-order valence-corrected chi connectivity index (χ1v) is 6.67. The molecule has 2 N–H and O–H groups in total. The summed E-state index contributed by atoms with van der Waals surface area (Å²) in [4.78, 5) is 6.53. The van der Waals surface area contributed by atoms with Crippen LogP contribution < -0.4 is 10.6 Å². The number of likely N-dealkylation sites (N-methyl/N-ethyl adjacent to an activating group) is 1. The first kappa shape index (κ1) is 13.3. The summed E-state index contributed by atoms with van der Waals surface area (Å²) in [6, 6.07) is 4.09. The Kier molecular flexibility index (Phi) is 4.55. The van der Waals surface area contributed by atoms with E-state index in [1.807, 2.05) is 32.3 Å². The second-order valence-corrected chi connectivity index (χ2v) is 5.18. The van der Waals surface area contributed by atoms with Crippen LogP contribution in [0.25, 0.3) is 0 Å². The summed E-state index contributed by atoms with van der Waals surface area (Å²) in [5.41, 5.74) is 6.87. The molecule has 1 heterocycles. The molecule has 1 aliphatic carbocycles. The van der Waals surface area contributed by atoms with Crippen LogP contribution in [0.15, 0.2) is 18.3 Å². The maximum Gasteiger partial charge on any atom is 0.128 e. The van der Waals surface area contributed by atoms with Crippen molar-refractivity contribution in [2.45, 2.75) is 25.8 Å². The smallest absolute Gasteiger partial charge is 0.128 e. The summed E-state index contributed by atoms with van der Waals surface area (Å²) < 4.78 is 5.62. The Hall–Kier alpha value is -1.13. The van der Waals surface area contributed by atoms with E-state index in [1.165, 1.54) is 12.8 Å². The van der Waals surface area contributed by atoms with E-state index in [0.717, 1.165) is 37.1 Å². The fraction of sp³-hybridized carbons (Fsp3) is 0.643. The monoisotopic (exact) mass is 249 g/mol. The number of hydrogen-bond donors (Lipinski definition) is 1. The lowest BCUT2D eigenvalue weighted by atomic mass is 10.1. The lowest BCUT2D eigenvalue weighted by molar-refractivity contribution is 0.131. The minimum Gasteiger partial charge on any atom is -0.379 e. The number of aromatic nitrogens is 1. The molecule has 0 saturated heterocycles. The minimum atomic E-state index is 0.0405. The van der Waals surface area contributed by atoms with Gasteiger partial charge in [0.15, 0.2) is 0 Å². The van der Waals surface area contributed by atoms with Gasteiger partial charge < -0.3 is 15.4 Å². The van der Waals surface area contributed by atoms with E-state index >= 15 is 0 Å². The molecule has 0 aliphatic heterocycles. The number of nitrogens with zero attached hydrogens (tertiary/aromatic N) is 2. The number of pyridine rings is 1. The zero-order chi connectivity index (χ0) is 13.0. The van der Waals surface area contributed by atoms with Crippen LogP contribution in [0, 0.1) is 5.92 Å². The highest BCUT2D eigenvalue weighted by atomic mass is 16.5. The van der Waals surface area contributed by atoms with Crippen LogP contribution in [0.1, 0.15) is 31.4 Å². The normalized spacial score (nSPS) is 16.6. The maximum absolute atomic E-state index is 5.80. The highest BCUT2D eigenvalue weighted by Crippen LogP contribution is 2.28. The summed E-state index contributed by atoms with van der Waals surface area (Å²) in [6.45, 7) is 4.53. The van der Waals surface area contributed by atoms with Gasteiger partial charge in [-0.1, -0.05) is 6.07 Å². The lowest BCUT2D eigenvalue weighted by Gasteiger charge is -2.18. The molecule has 1 fully saturated rings. The van der Waals surface area contributed by atoms with Crippen LogP contribution in [-0.2, 0) is 4.74 Å². The minimum absolute atomic E-state index is 0.0405. The molecule has 1 aromatic heterocycles. The average Bonchev–Trinajstić information content (AvgIpc) is 3.18. The highest BCUT2D eigenvalue weighted by molar-refractivity contribution is 5.38. The molecule has 0 spiro atoms. The van der Waals surface area contributed by atoms with Crippen molar-refractivity contribution in [3.05, 3.63) is 23.9 Å². The van der Waals surface area contributed by atoms with Crippen LogP contribution in [0.4, 0.5) is 5.82 Å². The molecule has 0 amide bonds. The molecule has 0 bridgehead atoms. The van der Waals surface area contributed by atoms with Gasteiger partial charge >= 0.3 is 0 Å². The average molecular weight is 249 g/mol. The molecule has 0 aromatic carbocycles. The van der Waals surface area contributed by atoms with Crippen molar-refractivity contribution in [1.82, 2.24) is 4.98 Å². The zero-order valence-corrected chi connectivity index (χ0v) is 11.3. The van der Waals surface area contributed by atoms with Crippen LogP contribution in [0.2, 0.25) is 0 Å². The third kappa shape index (κ3) is 3.96. The summed E-state index contributed by atoms with van der Waals surface area (Å²) >= 11 is 0. The highest BCUT2D eigenvalue weighted by Gasteiger charge is 2.20. The molecule has 1 aliphatic rings. The van der Waals surface area contributed by atoms with Gasteiger partial charge in [0, 0.05) is 32.4 Å². The van der Waals surface area contributed by atoms with Crippen molar-refractivity contribution in [2.24, 2.45) is 11.7 Å². The van der Waals surface area contributed by atoms with E-state index < -0.39 is 0 Å². The van der Waals surface area contributed by atoms with Crippen LogP contribution in [0.5, 0.6) is 0 Å². The van der Waals surface area contributed by atoms with Gasteiger partial charge in [0.1, 0.15) is 5.82 Å². The van der Waals surface area contributed by atoms with Gasteiger partial charge in [0.25, 0.3) is 0 Å². The number of rotatable bonds is 7. The third-order valence-corrected chi connectivity index (χ3v) is 3.31. The first-order valence-electron chi connectivity index (χ1n) is 6.67. The SMILES string of the molecule is C[C@@H](N)c1ccc(N(C)CCOCC2CC2)nc1. The van der Waals surface area contributed by atoms with E-state index in [0.29, 0.717) is 0 Å². The van der Waals surface area contributed by atoms with E-state index in [1.54, 1.807) is 0 Å². The van der Waals surface area contributed by atoms with Crippen LogP contribution in [-0.4, -0.2) is 31.8 Å². The Morgan fingerprint density at radius 1 is 1.50 bits per heavy atom. The number of hydrogen-bond acceptors (Lipinski definition) is 4. The number of ether oxygens (including phenoxy) is 1. The molecule has 4 nitrogen and oxygen atoms in total. The molecular formula is C14H23N3O. The third-order valence-electron chi connectivity index (χ3n) is 3.31. The zero-order valence-electron chi connectivity index (χ0n) is 11.3. The molecule has 1 aromatic rings. The summed E-state index contributed by atoms with van der Waals surface area (Å²) in [5.74, 6) is 1.80. The van der Waals surface area contributed by atoms with Crippen LogP contribution in [0.3, 0.4) is 0 Å². The van der Waals surface area contributed by atoms with Crippen molar-refractivity contribution in [3.8, 4) is 0 Å². The molecular weight excluding hydrogens is 226 g/mol. The largest absolute Gasteiger partial charge is 0.379 e. The Morgan fingerprint density at radius 3 is 2.83 bits per heavy atom. The van der Waals surface area contributed by atoms with E-state index in [2.05, 4.69) is 9.88 Å².